The maximum atomic E-state index is 12.2. The third-order valence-corrected chi connectivity index (χ3v) is 5.79. The molecule has 20 heavy (non-hydrogen) atoms. The molecular weight excluding hydrogens is 268 g/mol. The summed E-state index contributed by atoms with van der Waals surface area (Å²) in [6, 6.07) is 10.4. The lowest BCUT2D eigenvalue weighted by molar-refractivity contribution is -0.124. The Hall–Kier alpha value is -1.06. The van der Waals surface area contributed by atoms with E-state index in [1.165, 1.54) is 16.2 Å². The van der Waals surface area contributed by atoms with Crippen molar-refractivity contribution in [2.75, 3.05) is 0 Å². The van der Waals surface area contributed by atoms with Crippen molar-refractivity contribution in [3.05, 3.63) is 41.3 Å². The number of Topliss-reactive ketones (excluding diaryl/α,β-unsaturated/α-hetero) is 1. The summed E-state index contributed by atoms with van der Waals surface area (Å²) in [5.41, 5.74) is 0. The van der Waals surface area contributed by atoms with Crippen molar-refractivity contribution in [2.45, 2.75) is 42.8 Å². The van der Waals surface area contributed by atoms with Crippen LogP contribution < -0.4 is 0 Å². The summed E-state index contributed by atoms with van der Waals surface area (Å²) in [4.78, 5) is 14.8. The van der Waals surface area contributed by atoms with Crippen LogP contribution in [0, 0.1) is 11.8 Å². The number of rotatable bonds is 2. The molecule has 2 bridgehead atoms. The van der Waals surface area contributed by atoms with Gasteiger partial charge in [-0.25, -0.2) is 0 Å². The van der Waals surface area contributed by atoms with Crippen molar-refractivity contribution in [2.24, 2.45) is 11.8 Å². The van der Waals surface area contributed by atoms with Gasteiger partial charge in [-0.15, -0.1) is 0 Å². The molecule has 1 saturated heterocycles. The highest BCUT2D eigenvalue weighted by Gasteiger charge is 2.52. The fourth-order valence-corrected chi connectivity index (χ4v) is 4.89. The lowest BCUT2D eigenvalue weighted by Gasteiger charge is -2.25. The molecule has 2 heterocycles. The van der Waals surface area contributed by atoms with Crippen molar-refractivity contribution in [3.8, 4) is 0 Å². The van der Waals surface area contributed by atoms with E-state index in [1.807, 2.05) is 6.07 Å². The van der Waals surface area contributed by atoms with E-state index < -0.39 is 0 Å². The van der Waals surface area contributed by atoms with E-state index in [0.29, 0.717) is 11.7 Å². The van der Waals surface area contributed by atoms with Crippen LogP contribution in [0.2, 0.25) is 0 Å². The van der Waals surface area contributed by atoms with E-state index >= 15 is 0 Å². The zero-order valence-corrected chi connectivity index (χ0v) is 12.1. The van der Waals surface area contributed by atoms with Crippen molar-refractivity contribution in [3.63, 3.8) is 0 Å². The van der Waals surface area contributed by atoms with Crippen molar-refractivity contribution in [1.82, 2.24) is 0 Å². The van der Waals surface area contributed by atoms with Crippen LogP contribution in [-0.2, 0) is 9.53 Å². The SMILES string of the molecule is O=C1CCCC[C@@H]2[C@H]1[C@H]1C=C(Sc3ccccc3)[C@@H]2O1. The maximum absolute atomic E-state index is 12.2. The number of hydrogen-bond acceptors (Lipinski definition) is 3. The lowest BCUT2D eigenvalue weighted by atomic mass is 9.79. The number of carbonyl (C=O) groups is 1. The Morgan fingerprint density at radius 1 is 1.15 bits per heavy atom. The van der Waals surface area contributed by atoms with Gasteiger partial charge in [0, 0.05) is 22.1 Å². The molecule has 1 aliphatic carbocycles. The third kappa shape index (κ3) is 2.04. The van der Waals surface area contributed by atoms with Gasteiger partial charge in [-0.1, -0.05) is 36.4 Å². The smallest absolute Gasteiger partial charge is 0.139 e. The highest BCUT2D eigenvalue weighted by Crippen LogP contribution is 2.51. The number of carbonyl (C=O) groups excluding carboxylic acids is 1. The normalized spacial score (nSPS) is 35.6. The molecule has 1 aromatic rings. The van der Waals surface area contributed by atoms with Gasteiger partial charge in [0.15, 0.2) is 0 Å². The van der Waals surface area contributed by atoms with E-state index in [1.54, 1.807) is 11.8 Å². The van der Waals surface area contributed by atoms with Crippen LogP contribution in [0.1, 0.15) is 25.7 Å². The fraction of sp³-hybridized carbons (Fsp3) is 0.471. The van der Waals surface area contributed by atoms with Crippen molar-refractivity contribution in [1.29, 1.82) is 0 Å². The van der Waals surface area contributed by atoms with E-state index in [-0.39, 0.29) is 18.1 Å². The largest absolute Gasteiger partial charge is 0.365 e. The van der Waals surface area contributed by atoms with Gasteiger partial charge < -0.3 is 4.74 Å². The standard InChI is InChI=1S/C17H18O2S/c18-13-9-5-4-8-12-16(13)14-10-15(17(12)19-14)20-11-6-2-1-3-7-11/h1-3,6-7,10,12,14,16-17H,4-5,8-9H2/t12-,14-,16-,17-/m1/s1. The summed E-state index contributed by atoms with van der Waals surface area (Å²) in [6.45, 7) is 0. The second-order valence-corrected chi connectivity index (χ2v) is 7.05. The molecule has 3 aliphatic rings. The van der Waals surface area contributed by atoms with Crippen LogP contribution >= 0.6 is 11.8 Å². The molecule has 4 atom stereocenters. The predicted octanol–water partition coefficient (Wildman–Crippen LogP) is 3.82. The minimum absolute atomic E-state index is 0.0433. The molecule has 4 rings (SSSR count). The van der Waals surface area contributed by atoms with Gasteiger partial charge in [-0.2, -0.15) is 0 Å². The Bertz CT molecular complexity index is 551. The Labute approximate surface area is 123 Å². The first kappa shape index (κ1) is 12.7. The minimum Gasteiger partial charge on any atom is -0.365 e. The first-order valence-electron chi connectivity index (χ1n) is 7.46. The molecule has 0 N–H and O–H groups in total. The Kier molecular flexibility index (Phi) is 3.20. The summed E-state index contributed by atoms with van der Waals surface area (Å²) < 4.78 is 6.10. The number of ether oxygens (including phenoxy) is 1. The second kappa shape index (κ2) is 5.05. The molecule has 2 nitrogen and oxygen atoms in total. The molecule has 1 saturated carbocycles. The van der Waals surface area contributed by atoms with Gasteiger partial charge >= 0.3 is 0 Å². The number of thioether (sulfide) groups is 1. The maximum Gasteiger partial charge on any atom is 0.139 e. The van der Waals surface area contributed by atoms with Crippen LogP contribution in [0.5, 0.6) is 0 Å². The van der Waals surface area contributed by atoms with Gasteiger partial charge in [0.2, 0.25) is 0 Å². The molecular formula is C17H18O2S. The van der Waals surface area contributed by atoms with Crippen LogP contribution in [0.15, 0.2) is 46.2 Å². The van der Waals surface area contributed by atoms with Gasteiger partial charge in [0.05, 0.1) is 18.1 Å². The van der Waals surface area contributed by atoms with Gasteiger partial charge in [0.25, 0.3) is 0 Å². The van der Waals surface area contributed by atoms with Crippen molar-refractivity contribution < 1.29 is 9.53 Å². The topological polar surface area (TPSA) is 26.3 Å². The molecule has 0 spiro atoms. The number of hydrogen-bond donors (Lipinski definition) is 0. The molecule has 0 unspecified atom stereocenters. The average molecular weight is 286 g/mol. The molecule has 0 aromatic heterocycles. The van der Waals surface area contributed by atoms with Gasteiger partial charge in [0.1, 0.15) is 5.78 Å². The second-order valence-electron chi connectivity index (χ2n) is 5.91. The molecule has 104 valence electrons. The van der Waals surface area contributed by atoms with E-state index in [0.717, 1.165) is 19.3 Å². The van der Waals surface area contributed by atoms with Gasteiger partial charge in [-0.05, 0) is 31.1 Å². The zero-order chi connectivity index (χ0) is 13.5. The summed E-state index contributed by atoms with van der Waals surface area (Å²) in [5, 5.41) is 0. The molecule has 2 aliphatic heterocycles. The van der Waals surface area contributed by atoms with Crippen molar-refractivity contribution >= 4 is 17.5 Å². The highest BCUT2D eigenvalue weighted by molar-refractivity contribution is 8.03. The van der Waals surface area contributed by atoms with E-state index in [4.69, 9.17) is 4.74 Å². The lowest BCUT2D eigenvalue weighted by Crippen LogP contribution is -2.30. The average Bonchev–Trinajstić information content (AvgIpc) is 2.95. The zero-order valence-electron chi connectivity index (χ0n) is 11.3. The van der Waals surface area contributed by atoms with Crippen LogP contribution in [0.25, 0.3) is 0 Å². The molecule has 3 heteroatoms. The highest BCUT2D eigenvalue weighted by atomic mass is 32.2. The quantitative estimate of drug-likeness (QED) is 0.826. The van der Waals surface area contributed by atoms with E-state index in [2.05, 4.69) is 30.3 Å². The molecule has 2 fully saturated rings. The molecule has 0 radical (unpaired) electrons. The monoisotopic (exact) mass is 286 g/mol. The van der Waals surface area contributed by atoms with Crippen LogP contribution in [-0.4, -0.2) is 18.0 Å². The summed E-state index contributed by atoms with van der Waals surface area (Å²) >= 11 is 1.80. The van der Waals surface area contributed by atoms with Gasteiger partial charge in [-0.3, -0.25) is 4.79 Å². The molecule has 1 aromatic carbocycles. The third-order valence-electron chi connectivity index (χ3n) is 4.68. The number of ketones is 1. The Morgan fingerprint density at radius 2 is 2.00 bits per heavy atom. The summed E-state index contributed by atoms with van der Waals surface area (Å²) in [6.07, 6.45) is 6.54. The number of fused-ring (bicyclic) bond motifs is 5. The summed E-state index contributed by atoms with van der Waals surface area (Å²) in [7, 11) is 0. The first-order chi connectivity index (χ1) is 9.83. The summed E-state index contributed by atoms with van der Waals surface area (Å²) in [5.74, 6) is 0.994. The Balaban J connectivity index is 1.58. The Morgan fingerprint density at radius 3 is 2.85 bits per heavy atom. The predicted molar refractivity (Wildman–Crippen MR) is 79.5 cm³/mol. The molecule has 0 amide bonds. The van der Waals surface area contributed by atoms with Crippen LogP contribution in [0.3, 0.4) is 0 Å². The first-order valence-corrected chi connectivity index (χ1v) is 8.27. The minimum atomic E-state index is 0.0433. The van der Waals surface area contributed by atoms with Crippen LogP contribution in [0.4, 0.5) is 0 Å². The fourth-order valence-electron chi connectivity index (χ4n) is 3.78. The number of benzene rings is 1. The van der Waals surface area contributed by atoms with E-state index in [9.17, 15) is 4.79 Å².